The Morgan fingerprint density at radius 1 is 1.35 bits per heavy atom. The van der Waals surface area contributed by atoms with Gasteiger partial charge in [0.05, 0.1) is 6.61 Å². The first kappa shape index (κ1) is 13.0. The summed E-state index contributed by atoms with van der Waals surface area (Å²) in [5, 5.41) is -0.948. The van der Waals surface area contributed by atoms with Gasteiger partial charge in [-0.25, -0.2) is 0 Å². The third kappa shape index (κ3) is 1.45. The molecule has 0 saturated heterocycles. The molecule has 4 nitrogen and oxygen atoms in total. The zero-order chi connectivity index (χ0) is 13.1. The predicted octanol–water partition coefficient (Wildman–Crippen LogP) is 1.75. The Bertz CT molecular complexity index is 451. The Morgan fingerprint density at radius 2 is 1.94 bits per heavy atom. The molecule has 2 aliphatic rings. The third-order valence-corrected chi connectivity index (χ3v) is 6.79. The van der Waals surface area contributed by atoms with Gasteiger partial charge < -0.3 is 0 Å². The molecule has 0 amide bonds. The number of rotatable bonds is 3. The van der Waals surface area contributed by atoms with Crippen LogP contribution in [0.2, 0.25) is 0 Å². The van der Waals surface area contributed by atoms with Crippen LogP contribution in [0.5, 0.6) is 0 Å². The van der Waals surface area contributed by atoms with E-state index in [-0.39, 0.29) is 23.7 Å². The molecule has 0 heterocycles. The number of hydrogen-bond acceptors (Lipinski definition) is 4. The second-order valence-electron chi connectivity index (χ2n) is 5.88. The van der Waals surface area contributed by atoms with Crippen LogP contribution in [-0.2, 0) is 19.1 Å². The van der Waals surface area contributed by atoms with Crippen LogP contribution in [-0.4, -0.2) is 26.1 Å². The zero-order valence-electron chi connectivity index (χ0n) is 10.8. The van der Waals surface area contributed by atoms with E-state index in [1.165, 1.54) is 0 Å². The SMILES string of the molecule is CCOS(=O)(=O)C1C(=O)C2(C)CCC1C2(C)C. The molecule has 0 aliphatic heterocycles. The molecule has 2 rings (SSSR count). The first-order valence-corrected chi connectivity index (χ1v) is 7.58. The van der Waals surface area contributed by atoms with Crippen molar-refractivity contribution in [2.75, 3.05) is 6.61 Å². The summed E-state index contributed by atoms with van der Waals surface area (Å²) in [6, 6.07) is 0. The molecule has 0 aromatic rings. The molecule has 2 fully saturated rings. The lowest BCUT2D eigenvalue weighted by Crippen LogP contribution is -2.39. The summed E-state index contributed by atoms with van der Waals surface area (Å²) in [5.74, 6) is -0.247. The van der Waals surface area contributed by atoms with Gasteiger partial charge in [-0.2, -0.15) is 8.42 Å². The van der Waals surface area contributed by atoms with E-state index in [9.17, 15) is 13.2 Å². The molecule has 2 saturated carbocycles. The van der Waals surface area contributed by atoms with Gasteiger partial charge in [-0.05, 0) is 31.1 Å². The standard InChI is InChI=1S/C12H20O4S/c1-5-16-17(14,15)9-8-6-7-12(4,10(9)13)11(8,2)3/h8-9H,5-7H2,1-4H3. The molecular formula is C12H20O4S. The molecule has 3 unspecified atom stereocenters. The Morgan fingerprint density at radius 3 is 2.35 bits per heavy atom. The molecule has 0 spiro atoms. The molecule has 0 N–H and O–H groups in total. The first-order valence-electron chi connectivity index (χ1n) is 6.11. The Balaban J connectivity index is 2.45. The number of Topliss-reactive ketones (excluding diaryl/α,β-unsaturated/α-hetero) is 1. The summed E-state index contributed by atoms with van der Waals surface area (Å²) < 4.78 is 28.9. The Hall–Kier alpha value is -0.420. The molecule has 2 bridgehead atoms. The van der Waals surface area contributed by atoms with E-state index >= 15 is 0 Å². The maximum atomic E-state index is 12.4. The largest absolute Gasteiger partial charge is 0.297 e. The number of carbonyl (C=O) groups is 1. The monoisotopic (exact) mass is 260 g/mol. The van der Waals surface area contributed by atoms with E-state index in [4.69, 9.17) is 4.18 Å². The van der Waals surface area contributed by atoms with Gasteiger partial charge in [0.25, 0.3) is 10.1 Å². The second kappa shape index (κ2) is 3.54. The number of fused-ring (bicyclic) bond motifs is 2. The van der Waals surface area contributed by atoms with Gasteiger partial charge >= 0.3 is 0 Å². The highest BCUT2D eigenvalue weighted by Gasteiger charge is 2.69. The van der Waals surface area contributed by atoms with Crippen molar-refractivity contribution >= 4 is 15.9 Å². The predicted molar refractivity (Wildman–Crippen MR) is 64.0 cm³/mol. The zero-order valence-corrected chi connectivity index (χ0v) is 11.6. The lowest BCUT2D eigenvalue weighted by molar-refractivity contribution is -0.128. The van der Waals surface area contributed by atoms with Crippen LogP contribution in [0, 0.1) is 16.7 Å². The second-order valence-corrected chi connectivity index (χ2v) is 7.61. The van der Waals surface area contributed by atoms with E-state index in [0.29, 0.717) is 0 Å². The molecule has 5 heteroatoms. The lowest BCUT2D eigenvalue weighted by Gasteiger charge is -2.32. The van der Waals surface area contributed by atoms with Crippen LogP contribution in [0.15, 0.2) is 0 Å². The smallest absolute Gasteiger partial charge is 0.277 e. The molecule has 0 aromatic heterocycles. The van der Waals surface area contributed by atoms with Crippen LogP contribution in [0.3, 0.4) is 0 Å². The van der Waals surface area contributed by atoms with Crippen molar-refractivity contribution < 1.29 is 17.4 Å². The summed E-state index contributed by atoms with van der Waals surface area (Å²) in [6.07, 6.45) is 1.59. The lowest BCUT2D eigenvalue weighted by atomic mass is 9.70. The van der Waals surface area contributed by atoms with Crippen molar-refractivity contribution in [3.8, 4) is 0 Å². The van der Waals surface area contributed by atoms with Crippen molar-refractivity contribution in [3.05, 3.63) is 0 Å². The van der Waals surface area contributed by atoms with Crippen LogP contribution in [0.4, 0.5) is 0 Å². The summed E-state index contributed by atoms with van der Waals surface area (Å²) in [7, 11) is -3.75. The van der Waals surface area contributed by atoms with Crippen molar-refractivity contribution in [1.82, 2.24) is 0 Å². The molecular weight excluding hydrogens is 240 g/mol. The number of carbonyl (C=O) groups excluding carboxylic acids is 1. The molecule has 0 radical (unpaired) electrons. The quantitative estimate of drug-likeness (QED) is 0.725. The van der Waals surface area contributed by atoms with Gasteiger partial charge in [0, 0.05) is 5.41 Å². The fourth-order valence-electron chi connectivity index (χ4n) is 3.57. The fraction of sp³-hybridized carbons (Fsp3) is 0.917. The van der Waals surface area contributed by atoms with Gasteiger partial charge in [-0.1, -0.05) is 20.8 Å². The van der Waals surface area contributed by atoms with Crippen LogP contribution in [0.1, 0.15) is 40.5 Å². The van der Waals surface area contributed by atoms with Crippen LogP contribution < -0.4 is 0 Å². The van der Waals surface area contributed by atoms with Gasteiger partial charge in [-0.3, -0.25) is 8.98 Å². The van der Waals surface area contributed by atoms with Crippen molar-refractivity contribution in [3.63, 3.8) is 0 Å². The maximum Gasteiger partial charge on any atom is 0.277 e. The van der Waals surface area contributed by atoms with E-state index < -0.39 is 20.8 Å². The minimum atomic E-state index is -3.75. The maximum absolute atomic E-state index is 12.4. The van der Waals surface area contributed by atoms with Gasteiger partial charge in [0.1, 0.15) is 5.25 Å². The molecule has 98 valence electrons. The average Bonchev–Trinajstić information content (AvgIpc) is 2.49. The number of ketones is 1. The Kier molecular flexibility index (Phi) is 2.71. The van der Waals surface area contributed by atoms with Gasteiger partial charge in [0.15, 0.2) is 5.78 Å². The normalized spacial score (nSPS) is 39.9. The molecule has 17 heavy (non-hydrogen) atoms. The van der Waals surface area contributed by atoms with E-state index in [2.05, 4.69) is 0 Å². The van der Waals surface area contributed by atoms with Crippen molar-refractivity contribution in [1.29, 1.82) is 0 Å². The van der Waals surface area contributed by atoms with Gasteiger partial charge in [-0.15, -0.1) is 0 Å². The number of hydrogen-bond donors (Lipinski definition) is 0. The Labute approximate surface area is 103 Å². The van der Waals surface area contributed by atoms with E-state index in [0.717, 1.165) is 12.8 Å². The van der Waals surface area contributed by atoms with Crippen molar-refractivity contribution in [2.45, 2.75) is 45.8 Å². The highest BCUT2D eigenvalue weighted by atomic mass is 32.2. The summed E-state index contributed by atoms with van der Waals surface area (Å²) in [6.45, 7) is 7.63. The first-order chi connectivity index (χ1) is 7.68. The third-order valence-electron chi connectivity index (χ3n) is 5.07. The van der Waals surface area contributed by atoms with Crippen molar-refractivity contribution in [2.24, 2.45) is 16.7 Å². The summed E-state index contributed by atoms with van der Waals surface area (Å²) in [4.78, 5) is 12.4. The van der Waals surface area contributed by atoms with Gasteiger partial charge in [0.2, 0.25) is 0 Å². The average molecular weight is 260 g/mol. The highest BCUT2D eigenvalue weighted by Crippen LogP contribution is 2.64. The van der Waals surface area contributed by atoms with E-state index in [1.807, 2.05) is 20.8 Å². The van der Waals surface area contributed by atoms with Crippen LogP contribution >= 0.6 is 0 Å². The fourth-order valence-corrected chi connectivity index (χ4v) is 5.45. The highest BCUT2D eigenvalue weighted by molar-refractivity contribution is 7.88. The summed E-state index contributed by atoms with van der Waals surface area (Å²) >= 11 is 0. The minimum Gasteiger partial charge on any atom is -0.297 e. The molecule has 3 atom stereocenters. The molecule has 0 aromatic carbocycles. The topological polar surface area (TPSA) is 60.4 Å². The minimum absolute atomic E-state index is 0.0932. The molecule has 2 aliphatic carbocycles. The van der Waals surface area contributed by atoms with E-state index in [1.54, 1.807) is 6.92 Å². The summed E-state index contributed by atoms with van der Waals surface area (Å²) in [5.41, 5.74) is -0.759. The van der Waals surface area contributed by atoms with Crippen LogP contribution in [0.25, 0.3) is 0 Å².